The van der Waals surface area contributed by atoms with Crippen LogP contribution in [-0.2, 0) is 0 Å². The van der Waals surface area contributed by atoms with Gasteiger partial charge in [-0.05, 0) is 24.3 Å². The monoisotopic (exact) mass is 283 g/mol. The molecule has 1 aliphatic rings. The molecular weight excluding hydrogens is 266 g/mol. The van der Waals surface area contributed by atoms with E-state index in [0.717, 1.165) is 24.5 Å². The Morgan fingerprint density at radius 3 is 2.57 bits per heavy atom. The van der Waals surface area contributed by atoms with E-state index in [2.05, 4.69) is 15.1 Å². The molecule has 0 unspecified atom stereocenters. The van der Waals surface area contributed by atoms with Crippen molar-refractivity contribution in [1.29, 1.82) is 0 Å². The molecule has 0 spiro atoms. The Morgan fingerprint density at radius 2 is 1.90 bits per heavy atom. The summed E-state index contributed by atoms with van der Waals surface area (Å²) in [5.41, 5.74) is 8.26. The average Bonchev–Trinajstić information content (AvgIpc) is 2.55. The van der Waals surface area contributed by atoms with Crippen LogP contribution in [0.5, 0.6) is 0 Å². The normalized spacial score (nSPS) is 15.0. The van der Waals surface area contributed by atoms with E-state index in [1.54, 1.807) is 6.07 Å². The molecule has 0 bridgehead atoms. The van der Waals surface area contributed by atoms with Crippen LogP contribution >= 0.6 is 0 Å². The lowest BCUT2D eigenvalue weighted by molar-refractivity contribution is 0.0746. The van der Waals surface area contributed by atoms with Crippen molar-refractivity contribution < 1.29 is 4.79 Å². The highest BCUT2D eigenvalue weighted by atomic mass is 16.2. The fourth-order valence-electron chi connectivity index (χ4n) is 2.49. The summed E-state index contributed by atoms with van der Waals surface area (Å²) in [4.78, 5) is 16.4. The van der Waals surface area contributed by atoms with Gasteiger partial charge in [-0.1, -0.05) is 6.07 Å². The molecule has 2 aromatic rings. The van der Waals surface area contributed by atoms with Crippen LogP contribution in [0.2, 0.25) is 0 Å². The number of nitrogens with two attached hydrogens (primary N) is 1. The maximum absolute atomic E-state index is 12.3. The van der Waals surface area contributed by atoms with Gasteiger partial charge in [0, 0.05) is 37.6 Å². The van der Waals surface area contributed by atoms with Gasteiger partial charge in [0.25, 0.3) is 5.91 Å². The van der Waals surface area contributed by atoms with Crippen LogP contribution in [0, 0.1) is 0 Å². The lowest BCUT2D eigenvalue weighted by Gasteiger charge is -2.36. The van der Waals surface area contributed by atoms with Crippen LogP contribution in [0.25, 0.3) is 0 Å². The number of nitrogens with zero attached hydrogens (tertiary/aromatic N) is 4. The second-order valence-electron chi connectivity index (χ2n) is 5.01. The summed E-state index contributed by atoms with van der Waals surface area (Å²) >= 11 is 0. The molecule has 1 aliphatic heterocycles. The number of nitrogen functional groups attached to an aromatic ring is 1. The minimum absolute atomic E-state index is 0.0112. The van der Waals surface area contributed by atoms with E-state index in [1.807, 2.05) is 29.2 Å². The van der Waals surface area contributed by atoms with E-state index in [9.17, 15) is 4.79 Å². The topological polar surface area (TPSA) is 75.3 Å². The summed E-state index contributed by atoms with van der Waals surface area (Å²) < 4.78 is 0. The minimum Gasteiger partial charge on any atom is -0.399 e. The first-order valence-electron chi connectivity index (χ1n) is 6.90. The van der Waals surface area contributed by atoms with Crippen molar-refractivity contribution in [2.45, 2.75) is 0 Å². The fourth-order valence-corrected chi connectivity index (χ4v) is 2.49. The number of piperazine rings is 1. The summed E-state index contributed by atoms with van der Waals surface area (Å²) in [5.74, 6) is 0.0112. The second-order valence-corrected chi connectivity index (χ2v) is 5.01. The predicted octanol–water partition coefficient (Wildman–Crippen LogP) is 1.02. The third-order valence-corrected chi connectivity index (χ3v) is 3.63. The van der Waals surface area contributed by atoms with Crippen molar-refractivity contribution in [3.63, 3.8) is 0 Å². The lowest BCUT2D eigenvalue weighted by Crippen LogP contribution is -2.48. The van der Waals surface area contributed by atoms with E-state index < -0.39 is 0 Å². The van der Waals surface area contributed by atoms with Crippen LogP contribution in [0.1, 0.15) is 10.4 Å². The van der Waals surface area contributed by atoms with Crippen molar-refractivity contribution in [1.82, 2.24) is 15.1 Å². The van der Waals surface area contributed by atoms with E-state index in [-0.39, 0.29) is 5.91 Å². The summed E-state index contributed by atoms with van der Waals surface area (Å²) in [6.45, 7) is 2.98. The molecule has 21 heavy (non-hydrogen) atoms. The van der Waals surface area contributed by atoms with Crippen molar-refractivity contribution in [3.05, 3.63) is 48.3 Å². The molecule has 0 atom stereocenters. The molecule has 1 amide bonds. The van der Waals surface area contributed by atoms with Crippen LogP contribution < -0.4 is 10.6 Å². The molecule has 0 aliphatic carbocycles. The first kappa shape index (κ1) is 13.4. The number of hydrogen-bond acceptors (Lipinski definition) is 5. The average molecular weight is 283 g/mol. The zero-order valence-electron chi connectivity index (χ0n) is 11.6. The quantitative estimate of drug-likeness (QED) is 0.833. The zero-order chi connectivity index (χ0) is 14.7. The van der Waals surface area contributed by atoms with Crippen LogP contribution in [0.15, 0.2) is 42.7 Å². The number of hydrogen-bond donors (Lipinski definition) is 1. The van der Waals surface area contributed by atoms with Crippen molar-refractivity contribution in [3.8, 4) is 0 Å². The molecule has 2 heterocycles. The maximum Gasteiger partial charge on any atom is 0.255 e. The standard InChI is InChI=1S/C15H17N5O/c16-13-2-1-3-14(10-13)19-6-8-20(9-7-19)15(21)12-4-5-17-18-11-12/h1-5,10-11H,6-9,16H2. The fraction of sp³-hybridized carbons (Fsp3) is 0.267. The van der Waals surface area contributed by atoms with Gasteiger partial charge < -0.3 is 15.5 Å². The third-order valence-electron chi connectivity index (χ3n) is 3.63. The molecule has 1 aromatic heterocycles. The number of carbonyl (C=O) groups excluding carboxylic acids is 1. The van der Waals surface area contributed by atoms with Gasteiger partial charge >= 0.3 is 0 Å². The number of benzene rings is 1. The highest BCUT2D eigenvalue weighted by Gasteiger charge is 2.22. The lowest BCUT2D eigenvalue weighted by atomic mass is 10.2. The SMILES string of the molecule is Nc1cccc(N2CCN(C(=O)c3ccnnc3)CC2)c1. The summed E-state index contributed by atoms with van der Waals surface area (Å²) in [7, 11) is 0. The molecule has 6 heteroatoms. The van der Waals surface area contributed by atoms with E-state index in [0.29, 0.717) is 18.7 Å². The Bertz CT molecular complexity index is 623. The second kappa shape index (κ2) is 5.78. The van der Waals surface area contributed by atoms with Crippen molar-refractivity contribution >= 4 is 17.3 Å². The Hall–Kier alpha value is -2.63. The smallest absolute Gasteiger partial charge is 0.255 e. The molecule has 0 saturated carbocycles. The number of rotatable bonds is 2. The van der Waals surface area contributed by atoms with Gasteiger partial charge in [-0.2, -0.15) is 10.2 Å². The highest BCUT2D eigenvalue weighted by molar-refractivity contribution is 5.93. The maximum atomic E-state index is 12.3. The van der Waals surface area contributed by atoms with Gasteiger partial charge in [0.2, 0.25) is 0 Å². The van der Waals surface area contributed by atoms with E-state index in [1.165, 1.54) is 12.4 Å². The first-order valence-corrected chi connectivity index (χ1v) is 6.90. The minimum atomic E-state index is 0.0112. The third kappa shape index (κ3) is 2.94. The Labute approximate surface area is 123 Å². The number of anilines is 2. The van der Waals surface area contributed by atoms with Gasteiger partial charge in [0.15, 0.2) is 0 Å². The molecule has 1 saturated heterocycles. The van der Waals surface area contributed by atoms with Gasteiger partial charge in [-0.15, -0.1) is 0 Å². The number of aromatic nitrogens is 2. The van der Waals surface area contributed by atoms with Crippen LogP contribution in [0.3, 0.4) is 0 Å². The van der Waals surface area contributed by atoms with E-state index in [4.69, 9.17) is 5.73 Å². The predicted molar refractivity (Wildman–Crippen MR) is 81.0 cm³/mol. The summed E-state index contributed by atoms with van der Waals surface area (Å²) in [5, 5.41) is 7.44. The molecule has 3 rings (SSSR count). The molecule has 2 N–H and O–H groups in total. The van der Waals surface area contributed by atoms with Gasteiger partial charge in [-0.3, -0.25) is 4.79 Å². The van der Waals surface area contributed by atoms with Crippen molar-refractivity contribution in [2.75, 3.05) is 36.8 Å². The highest BCUT2D eigenvalue weighted by Crippen LogP contribution is 2.19. The first-order chi connectivity index (χ1) is 10.2. The van der Waals surface area contributed by atoms with Crippen molar-refractivity contribution in [2.24, 2.45) is 0 Å². The van der Waals surface area contributed by atoms with E-state index >= 15 is 0 Å². The Kier molecular flexibility index (Phi) is 3.68. The summed E-state index contributed by atoms with van der Waals surface area (Å²) in [6.07, 6.45) is 3.04. The summed E-state index contributed by atoms with van der Waals surface area (Å²) in [6, 6.07) is 9.52. The number of amides is 1. The van der Waals surface area contributed by atoms with Gasteiger partial charge in [0.1, 0.15) is 0 Å². The van der Waals surface area contributed by atoms with Gasteiger partial charge in [0.05, 0.1) is 18.0 Å². The number of carbonyl (C=O) groups is 1. The molecule has 1 fully saturated rings. The van der Waals surface area contributed by atoms with Gasteiger partial charge in [-0.25, -0.2) is 0 Å². The molecule has 1 aromatic carbocycles. The molecule has 6 nitrogen and oxygen atoms in total. The Balaban J connectivity index is 1.64. The largest absolute Gasteiger partial charge is 0.399 e. The van der Waals surface area contributed by atoms with Crippen LogP contribution in [0.4, 0.5) is 11.4 Å². The molecule has 0 radical (unpaired) electrons. The van der Waals surface area contributed by atoms with Crippen LogP contribution in [-0.4, -0.2) is 47.2 Å². The molecule has 108 valence electrons. The zero-order valence-corrected chi connectivity index (χ0v) is 11.6. The Morgan fingerprint density at radius 1 is 1.10 bits per heavy atom. The molecular formula is C15H17N5O.